The predicted octanol–water partition coefficient (Wildman–Crippen LogP) is 1.42. The number of hydrogen-bond donors (Lipinski definition) is 1. The lowest BCUT2D eigenvalue weighted by Crippen LogP contribution is -2.36. The average Bonchev–Trinajstić information content (AvgIpc) is 2.98. The van der Waals surface area contributed by atoms with Crippen molar-refractivity contribution in [1.29, 1.82) is 0 Å². The zero-order chi connectivity index (χ0) is 12.6. The van der Waals surface area contributed by atoms with Crippen LogP contribution in [0.25, 0.3) is 11.0 Å². The highest BCUT2D eigenvalue weighted by Gasteiger charge is 2.35. The van der Waals surface area contributed by atoms with E-state index in [4.69, 9.17) is 15.2 Å². The maximum absolute atomic E-state index is 5.75. The van der Waals surface area contributed by atoms with Gasteiger partial charge < -0.3 is 19.8 Å². The van der Waals surface area contributed by atoms with Gasteiger partial charge in [-0.15, -0.1) is 0 Å². The lowest BCUT2D eigenvalue weighted by atomic mass is 10.0. The summed E-state index contributed by atoms with van der Waals surface area (Å²) in [4.78, 5) is 4.37. The number of imidazole rings is 1. The van der Waals surface area contributed by atoms with Crippen LogP contribution in [0.4, 0.5) is 5.69 Å². The van der Waals surface area contributed by atoms with Crippen molar-refractivity contribution in [2.75, 3.05) is 26.1 Å². The molecule has 1 fully saturated rings. The normalized spacial score (nSPS) is 23.8. The number of aromatic nitrogens is 2. The zero-order valence-corrected chi connectivity index (χ0v) is 10.4. The molecule has 1 aromatic carbocycles. The number of ether oxygens (including phenoxy) is 2. The first kappa shape index (κ1) is 11.5. The van der Waals surface area contributed by atoms with Gasteiger partial charge >= 0.3 is 0 Å². The van der Waals surface area contributed by atoms with E-state index in [2.05, 4.69) is 9.55 Å². The van der Waals surface area contributed by atoms with E-state index in [9.17, 15) is 0 Å². The van der Waals surface area contributed by atoms with Gasteiger partial charge in [0.05, 0.1) is 30.5 Å². The maximum Gasteiger partial charge on any atom is 0.111 e. The van der Waals surface area contributed by atoms with Crippen LogP contribution in [0.2, 0.25) is 0 Å². The molecule has 3 rings (SSSR count). The first-order valence-electron chi connectivity index (χ1n) is 6.06. The Labute approximate surface area is 106 Å². The molecule has 2 N–H and O–H groups in total. The summed E-state index contributed by atoms with van der Waals surface area (Å²) in [7, 11) is 1.74. The first-order chi connectivity index (χ1) is 8.72. The van der Waals surface area contributed by atoms with Crippen molar-refractivity contribution < 1.29 is 9.47 Å². The second-order valence-corrected chi connectivity index (χ2v) is 4.81. The smallest absolute Gasteiger partial charge is 0.111 e. The van der Waals surface area contributed by atoms with Gasteiger partial charge in [0.1, 0.15) is 5.60 Å². The van der Waals surface area contributed by atoms with Crippen LogP contribution < -0.4 is 5.73 Å². The van der Waals surface area contributed by atoms with E-state index in [0.29, 0.717) is 6.61 Å². The van der Waals surface area contributed by atoms with E-state index in [1.165, 1.54) is 0 Å². The minimum atomic E-state index is -0.227. The molecule has 1 atom stereocenters. The SMILES string of the molecule is COC1(Cn2cnc3cc(N)ccc32)CCOC1. The largest absolute Gasteiger partial charge is 0.399 e. The van der Waals surface area contributed by atoms with E-state index in [0.717, 1.165) is 36.3 Å². The number of nitrogens with two attached hydrogens (primary N) is 1. The summed E-state index contributed by atoms with van der Waals surface area (Å²) in [6, 6.07) is 5.78. The van der Waals surface area contributed by atoms with Crippen LogP contribution in [0, 0.1) is 0 Å². The Morgan fingerprint density at radius 3 is 3.17 bits per heavy atom. The van der Waals surface area contributed by atoms with Crippen molar-refractivity contribution in [3.63, 3.8) is 0 Å². The molecule has 0 radical (unpaired) electrons. The fourth-order valence-electron chi connectivity index (χ4n) is 2.46. The van der Waals surface area contributed by atoms with E-state index < -0.39 is 0 Å². The van der Waals surface area contributed by atoms with Gasteiger partial charge in [0, 0.05) is 25.8 Å². The molecule has 0 aliphatic carbocycles. The Morgan fingerprint density at radius 1 is 1.56 bits per heavy atom. The van der Waals surface area contributed by atoms with Crippen LogP contribution in [0.1, 0.15) is 6.42 Å². The predicted molar refractivity (Wildman–Crippen MR) is 69.3 cm³/mol. The van der Waals surface area contributed by atoms with Gasteiger partial charge in [-0.3, -0.25) is 0 Å². The van der Waals surface area contributed by atoms with Crippen molar-refractivity contribution in [3.05, 3.63) is 24.5 Å². The lowest BCUT2D eigenvalue weighted by molar-refractivity contribution is -0.0287. The molecule has 96 valence electrons. The highest BCUT2D eigenvalue weighted by molar-refractivity contribution is 5.78. The van der Waals surface area contributed by atoms with Crippen LogP contribution in [-0.2, 0) is 16.0 Å². The number of anilines is 1. The van der Waals surface area contributed by atoms with Crippen LogP contribution in [-0.4, -0.2) is 35.5 Å². The quantitative estimate of drug-likeness (QED) is 0.833. The van der Waals surface area contributed by atoms with Crippen LogP contribution in [0.15, 0.2) is 24.5 Å². The molecule has 0 spiro atoms. The number of rotatable bonds is 3. The molecular weight excluding hydrogens is 230 g/mol. The van der Waals surface area contributed by atoms with Crippen molar-refractivity contribution >= 4 is 16.7 Å². The highest BCUT2D eigenvalue weighted by atomic mass is 16.5. The van der Waals surface area contributed by atoms with Gasteiger partial charge in [0.15, 0.2) is 0 Å². The van der Waals surface area contributed by atoms with Crippen molar-refractivity contribution in [2.45, 2.75) is 18.6 Å². The number of benzene rings is 1. The highest BCUT2D eigenvalue weighted by Crippen LogP contribution is 2.26. The molecule has 0 amide bonds. The van der Waals surface area contributed by atoms with E-state index >= 15 is 0 Å². The molecular formula is C13H17N3O2. The molecule has 1 saturated heterocycles. The van der Waals surface area contributed by atoms with E-state index in [1.54, 1.807) is 7.11 Å². The summed E-state index contributed by atoms with van der Waals surface area (Å²) in [5.41, 5.74) is 8.26. The summed E-state index contributed by atoms with van der Waals surface area (Å²) in [6.45, 7) is 2.15. The van der Waals surface area contributed by atoms with Crippen LogP contribution in [0.3, 0.4) is 0 Å². The van der Waals surface area contributed by atoms with Gasteiger partial charge in [0.25, 0.3) is 0 Å². The minimum Gasteiger partial charge on any atom is -0.399 e. The molecule has 5 nitrogen and oxygen atoms in total. The lowest BCUT2D eigenvalue weighted by Gasteiger charge is -2.26. The minimum absolute atomic E-state index is 0.227. The summed E-state index contributed by atoms with van der Waals surface area (Å²) < 4.78 is 13.2. The summed E-state index contributed by atoms with van der Waals surface area (Å²) in [6.07, 6.45) is 2.75. The monoisotopic (exact) mass is 247 g/mol. The fraction of sp³-hybridized carbons (Fsp3) is 0.462. The molecule has 5 heteroatoms. The molecule has 1 aliphatic heterocycles. The number of nitrogens with zero attached hydrogens (tertiary/aromatic N) is 2. The van der Waals surface area contributed by atoms with Crippen molar-refractivity contribution in [3.8, 4) is 0 Å². The standard InChI is InChI=1S/C13H17N3O2/c1-17-13(4-5-18-8-13)7-16-9-15-11-6-10(14)2-3-12(11)16/h2-3,6,9H,4-5,7-8,14H2,1H3. The number of nitrogen functional groups attached to an aromatic ring is 1. The second kappa shape index (κ2) is 4.26. The summed E-state index contributed by atoms with van der Waals surface area (Å²) in [5.74, 6) is 0. The van der Waals surface area contributed by atoms with Crippen molar-refractivity contribution in [1.82, 2.24) is 9.55 Å². The Hall–Kier alpha value is -1.59. The average molecular weight is 247 g/mol. The third kappa shape index (κ3) is 1.85. The molecule has 18 heavy (non-hydrogen) atoms. The van der Waals surface area contributed by atoms with Gasteiger partial charge in [0.2, 0.25) is 0 Å². The molecule has 2 heterocycles. The summed E-state index contributed by atoms with van der Waals surface area (Å²) in [5, 5.41) is 0. The zero-order valence-electron chi connectivity index (χ0n) is 10.4. The third-order valence-corrected chi connectivity index (χ3v) is 3.60. The maximum atomic E-state index is 5.75. The Morgan fingerprint density at radius 2 is 2.44 bits per heavy atom. The Balaban J connectivity index is 1.95. The second-order valence-electron chi connectivity index (χ2n) is 4.81. The molecule has 2 aromatic rings. The van der Waals surface area contributed by atoms with Gasteiger partial charge in [-0.05, 0) is 18.2 Å². The first-order valence-corrected chi connectivity index (χ1v) is 6.06. The summed E-state index contributed by atoms with van der Waals surface area (Å²) >= 11 is 0. The number of fused-ring (bicyclic) bond motifs is 1. The fourth-order valence-corrected chi connectivity index (χ4v) is 2.46. The van der Waals surface area contributed by atoms with Gasteiger partial charge in [-0.25, -0.2) is 4.98 Å². The van der Waals surface area contributed by atoms with Crippen molar-refractivity contribution in [2.24, 2.45) is 0 Å². The molecule has 1 aromatic heterocycles. The Bertz CT molecular complexity index is 558. The van der Waals surface area contributed by atoms with E-state index in [-0.39, 0.29) is 5.60 Å². The van der Waals surface area contributed by atoms with Gasteiger partial charge in [-0.1, -0.05) is 0 Å². The molecule has 0 saturated carbocycles. The van der Waals surface area contributed by atoms with Crippen LogP contribution in [0.5, 0.6) is 0 Å². The van der Waals surface area contributed by atoms with Gasteiger partial charge in [-0.2, -0.15) is 0 Å². The van der Waals surface area contributed by atoms with E-state index in [1.807, 2.05) is 24.5 Å². The molecule has 1 unspecified atom stereocenters. The number of methoxy groups -OCH3 is 1. The molecule has 0 bridgehead atoms. The third-order valence-electron chi connectivity index (χ3n) is 3.60. The topological polar surface area (TPSA) is 62.3 Å². The Kier molecular flexibility index (Phi) is 2.72. The molecule has 1 aliphatic rings. The van der Waals surface area contributed by atoms with Crippen LogP contribution >= 0.6 is 0 Å². The number of hydrogen-bond acceptors (Lipinski definition) is 4.